The summed E-state index contributed by atoms with van der Waals surface area (Å²) in [6, 6.07) is 14.4. The summed E-state index contributed by atoms with van der Waals surface area (Å²) in [4.78, 5) is 42.3. The fourth-order valence-electron chi connectivity index (χ4n) is 3.96. The molecule has 2 aliphatic rings. The summed E-state index contributed by atoms with van der Waals surface area (Å²) < 4.78 is 0. The molecule has 1 unspecified atom stereocenters. The lowest BCUT2D eigenvalue weighted by Crippen LogP contribution is -2.27. The third kappa shape index (κ3) is 2.89. The highest BCUT2D eigenvalue weighted by atomic mass is 32.2. The van der Waals surface area contributed by atoms with Gasteiger partial charge < -0.3 is 10.1 Å². The second kappa shape index (κ2) is 6.86. The van der Waals surface area contributed by atoms with Gasteiger partial charge in [0.15, 0.2) is 5.78 Å². The molecule has 0 fully saturated rings. The van der Waals surface area contributed by atoms with E-state index >= 15 is 0 Å². The van der Waals surface area contributed by atoms with Crippen molar-refractivity contribution in [2.45, 2.75) is 23.8 Å². The van der Waals surface area contributed by atoms with Crippen molar-refractivity contribution in [3.63, 3.8) is 0 Å². The van der Waals surface area contributed by atoms with Gasteiger partial charge in [0, 0.05) is 21.9 Å². The molecule has 1 aliphatic carbocycles. The molecule has 2 heterocycles. The van der Waals surface area contributed by atoms with Crippen LogP contribution >= 0.6 is 23.1 Å². The van der Waals surface area contributed by atoms with Crippen molar-refractivity contribution < 1.29 is 14.7 Å². The highest BCUT2D eigenvalue weighted by molar-refractivity contribution is 8.04. The second-order valence-electron chi connectivity index (χ2n) is 6.99. The first-order chi connectivity index (χ1) is 14.0. The summed E-state index contributed by atoms with van der Waals surface area (Å²) in [6.45, 7) is 0. The molecule has 2 N–H and O–H groups in total. The van der Waals surface area contributed by atoms with Crippen LogP contribution in [0, 0.1) is 0 Å². The van der Waals surface area contributed by atoms with E-state index < -0.39 is 0 Å². The van der Waals surface area contributed by atoms with E-state index in [0.717, 1.165) is 33.5 Å². The number of rotatable bonds is 3. The van der Waals surface area contributed by atoms with Crippen LogP contribution in [0.15, 0.2) is 68.8 Å². The number of H-pyrrole nitrogens is 1. The molecular weight excluding hydrogens is 406 g/mol. The molecule has 7 heteroatoms. The number of phenols is 1. The van der Waals surface area contributed by atoms with Crippen molar-refractivity contribution >= 4 is 34.7 Å². The van der Waals surface area contributed by atoms with Crippen LogP contribution in [0.2, 0.25) is 0 Å². The summed E-state index contributed by atoms with van der Waals surface area (Å²) in [5.41, 5.74) is 1.79. The van der Waals surface area contributed by atoms with Gasteiger partial charge in [0.05, 0.1) is 15.5 Å². The molecule has 29 heavy (non-hydrogen) atoms. The average Bonchev–Trinajstić information content (AvgIpc) is 3.10. The van der Waals surface area contributed by atoms with Gasteiger partial charge in [0.25, 0.3) is 0 Å². The van der Waals surface area contributed by atoms with Crippen LogP contribution in [0.25, 0.3) is 0 Å². The van der Waals surface area contributed by atoms with Gasteiger partial charge >= 0.3 is 4.87 Å². The lowest BCUT2D eigenvalue weighted by atomic mass is 9.80. The van der Waals surface area contributed by atoms with Crippen LogP contribution in [0.4, 0.5) is 0 Å². The number of carbonyl (C=O) groups excluding carboxylic acids is 2. The number of ketones is 2. The van der Waals surface area contributed by atoms with E-state index in [1.807, 2.05) is 30.3 Å². The van der Waals surface area contributed by atoms with Crippen molar-refractivity contribution in [1.29, 1.82) is 0 Å². The normalized spacial score (nSPS) is 17.7. The lowest BCUT2D eigenvalue weighted by molar-refractivity contribution is 0.0972. The molecule has 5 rings (SSSR count). The SMILES string of the molecule is O=C1C2=C(C(=O)c3c(O)cccc31)C(CCc1ccccc1)c1sc(=O)[nH]c1S2. The molecule has 0 spiro atoms. The number of carbonyl (C=O) groups is 2. The first-order valence-electron chi connectivity index (χ1n) is 9.15. The monoisotopic (exact) mass is 421 g/mol. The lowest BCUT2D eigenvalue weighted by Gasteiger charge is -2.30. The maximum absolute atomic E-state index is 13.4. The van der Waals surface area contributed by atoms with Crippen LogP contribution in [-0.2, 0) is 6.42 Å². The molecule has 1 aliphatic heterocycles. The van der Waals surface area contributed by atoms with E-state index in [9.17, 15) is 19.5 Å². The highest BCUT2D eigenvalue weighted by Crippen LogP contribution is 2.51. The maximum atomic E-state index is 13.4. The number of Topliss-reactive ketones (excluding diaryl/α,β-unsaturated/α-hetero) is 2. The zero-order chi connectivity index (χ0) is 20.1. The minimum absolute atomic E-state index is 0.0629. The number of thiazole rings is 1. The van der Waals surface area contributed by atoms with Gasteiger partial charge in [0.2, 0.25) is 5.78 Å². The number of thioether (sulfide) groups is 1. The van der Waals surface area contributed by atoms with Gasteiger partial charge in [-0.25, -0.2) is 0 Å². The van der Waals surface area contributed by atoms with Gasteiger partial charge in [-0.15, -0.1) is 0 Å². The minimum atomic E-state index is -0.366. The van der Waals surface area contributed by atoms with Gasteiger partial charge in [-0.2, -0.15) is 0 Å². The molecule has 5 nitrogen and oxygen atoms in total. The van der Waals surface area contributed by atoms with Gasteiger partial charge in [-0.05, 0) is 30.5 Å². The average molecular weight is 421 g/mol. The maximum Gasteiger partial charge on any atom is 0.305 e. The zero-order valence-electron chi connectivity index (χ0n) is 15.1. The van der Waals surface area contributed by atoms with Gasteiger partial charge in [-0.1, -0.05) is 59.5 Å². The molecule has 1 aromatic heterocycles. The third-order valence-electron chi connectivity index (χ3n) is 5.29. The predicted molar refractivity (Wildman–Crippen MR) is 112 cm³/mol. The Morgan fingerprint density at radius 2 is 1.76 bits per heavy atom. The number of fused-ring (bicyclic) bond motifs is 2. The molecule has 1 atom stereocenters. The Bertz CT molecular complexity index is 1250. The summed E-state index contributed by atoms with van der Waals surface area (Å²) in [7, 11) is 0. The van der Waals surface area contributed by atoms with Crippen molar-refractivity contribution in [2.75, 3.05) is 0 Å². The summed E-state index contributed by atoms with van der Waals surface area (Å²) in [5.74, 6) is -1.16. The number of hydrogen-bond acceptors (Lipinski definition) is 6. The van der Waals surface area contributed by atoms with Gasteiger partial charge in [0.1, 0.15) is 5.75 Å². The Balaban J connectivity index is 1.63. The Morgan fingerprint density at radius 3 is 2.55 bits per heavy atom. The Kier molecular flexibility index (Phi) is 4.29. The number of nitrogens with one attached hydrogen (secondary N) is 1. The molecule has 3 aromatic rings. The Morgan fingerprint density at radius 1 is 0.966 bits per heavy atom. The molecular formula is C22H15NO4S2. The number of allylic oxidation sites excluding steroid dienone is 2. The first kappa shape index (κ1) is 18.1. The largest absolute Gasteiger partial charge is 0.507 e. The molecule has 0 bridgehead atoms. The van der Waals surface area contributed by atoms with Crippen LogP contribution in [0.1, 0.15) is 43.5 Å². The molecule has 0 saturated carbocycles. The van der Waals surface area contributed by atoms with E-state index in [0.29, 0.717) is 28.3 Å². The van der Waals surface area contributed by atoms with Crippen LogP contribution in [0.3, 0.4) is 0 Å². The van der Waals surface area contributed by atoms with Crippen LogP contribution in [-0.4, -0.2) is 21.7 Å². The number of hydrogen-bond donors (Lipinski definition) is 2. The zero-order valence-corrected chi connectivity index (χ0v) is 16.7. The highest BCUT2D eigenvalue weighted by Gasteiger charge is 2.43. The van der Waals surface area contributed by atoms with Crippen molar-refractivity contribution in [3.8, 4) is 5.75 Å². The molecule has 0 amide bonds. The molecule has 0 saturated heterocycles. The van der Waals surface area contributed by atoms with Crippen molar-refractivity contribution in [1.82, 2.24) is 4.98 Å². The second-order valence-corrected chi connectivity index (χ2v) is 9.02. The molecule has 0 radical (unpaired) electrons. The number of aromatic nitrogens is 1. The third-order valence-corrected chi connectivity index (χ3v) is 7.55. The number of aromatic amines is 1. The van der Waals surface area contributed by atoms with Crippen LogP contribution < -0.4 is 4.87 Å². The van der Waals surface area contributed by atoms with E-state index in [1.54, 1.807) is 12.1 Å². The first-order valence-corrected chi connectivity index (χ1v) is 10.8. The van der Waals surface area contributed by atoms with Gasteiger partial charge in [-0.3, -0.25) is 14.4 Å². The number of aromatic hydroxyl groups is 1. The number of benzene rings is 2. The smallest absolute Gasteiger partial charge is 0.305 e. The number of phenolic OH excluding ortho intramolecular Hbond substituents is 1. The summed E-state index contributed by atoms with van der Waals surface area (Å²) >= 11 is 2.24. The standard InChI is InChI=1S/C22H15NO4S2/c24-14-8-4-7-12-15(14)18(26)16-13(10-9-11-5-2-1-3-6-11)19-21(23-22(27)29-19)28-20(16)17(12)25/h1-8,13,24H,9-10H2,(H,23,27). The van der Waals surface area contributed by atoms with E-state index in [2.05, 4.69) is 4.98 Å². The quantitative estimate of drug-likeness (QED) is 0.659. The molecule has 144 valence electrons. The molecule has 2 aromatic carbocycles. The van der Waals surface area contributed by atoms with E-state index in [4.69, 9.17) is 0 Å². The van der Waals surface area contributed by atoms with E-state index in [1.165, 1.54) is 6.07 Å². The number of aryl methyl sites for hydroxylation is 1. The summed E-state index contributed by atoms with van der Waals surface area (Å²) in [6.07, 6.45) is 1.29. The fraction of sp³-hybridized carbons (Fsp3) is 0.136. The minimum Gasteiger partial charge on any atom is -0.507 e. The summed E-state index contributed by atoms with van der Waals surface area (Å²) in [5, 5.41) is 10.9. The van der Waals surface area contributed by atoms with E-state index in [-0.39, 0.29) is 39.2 Å². The topological polar surface area (TPSA) is 87.2 Å². The van der Waals surface area contributed by atoms with Crippen molar-refractivity contribution in [3.05, 3.63) is 90.2 Å². The fourth-order valence-corrected chi connectivity index (χ4v) is 6.29. The Labute approximate surface area is 174 Å². The Hall–Kier alpha value is -2.90. The predicted octanol–water partition coefficient (Wildman–Crippen LogP) is 4.30. The van der Waals surface area contributed by atoms with Crippen LogP contribution in [0.5, 0.6) is 5.75 Å². The van der Waals surface area contributed by atoms with Crippen molar-refractivity contribution in [2.24, 2.45) is 0 Å².